The number of benzene rings is 2. The lowest BCUT2D eigenvalue weighted by Crippen LogP contribution is -2.29. The Morgan fingerprint density at radius 3 is 1.51 bits per heavy atom. The van der Waals surface area contributed by atoms with Crippen LogP contribution in [0.15, 0.2) is 47.6 Å². The van der Waals surface area contributed by atoms with E-state index in [9.17, 15) is 32.3 Å². The summed E-state index contributed by atoms with van der Waals surface area (Å²) >= 11 is 5.19. The van der Waals surface area contributed by atoms with Crippen LogP contribution in [0.5, 0.6) is 0 Å². The first-order valence-electron chi connectivity index (χ1n) is 18.6. The largest absolute Gasteiger partial charge is 0.285 e. The van der Waals surface area contributed by atoms with Gasteiger partial charge in [-0.3, -0.25) is 19.2 Å². The first-order valence-corrected chi connectivity index (χ1v) is 21.0. The van der Waals surface area contributed by atoms with Crippen LogP contribution in [0.4, 0.5) is 17.6 Å². The van der Waals surface area contributed by atoms with E-state index in [1.807, 2.05) is 0 Å². The summed E-state index contributed by atoms with van der Waals surface area (Å²) in [5.41, 5.74) is 2.66. The van der Waals surface area contributed by atoms with Gasteiger partial charge in [0.15, 0.2) is 0 Å². The highest BCUT2D eigenvalue weighted by molar-refractivity contribution is 7.39. The molecule has 0 bridgehead atoms. The number of allylic oxidation sites excluding steroid dienone is 6. The average Bonchev–Trinajstić information content (AvgIpc) is 3.98. The van der Waals surface area contributed by atoms with Gasteiger partial charge in [-0.05, 0) is 84.4 Å². The highest BCUT2D eigenvalue weighted by atomic mass is 32.1. The molecule has 4 nitrogen and oxygen atoms in total. The summed E-state index contributed by atoms with van der Waals surface area (Å²) in [4.78, 5) is 54.6. The van der Waals surface area contributed by atoms with E-state index in [1.165, 1.54) is 29.9 Å². The fourth-order valence-corrected chi connectivity index (χ4v) is 15.3. The van der Waals surface area contributed by atoms with Crippen molar-refractivity contribution in [2.24, 2.45) is 0 Å². The number of thiophene rings is 3. The topological polar surface area (TPSA) is 68.3 Å². The zero-order valence-corrected chi connectivity index (χ0v) is 31.5. The van der Waals surface area contributed by atoms with E-state index in [0.29, 0.717) is 12.1 Å². The molecule has 6 aliphatic rings. The standard InChI is InChI=1S/C44H28F4O4S3/c45-21-15-23-24(35(49)38(52)32(23)28(48)18-21)11-19-13-29-33(43(19)7-3-1-4-8-43)39-41(53-29)42-40(55-39)34-30(54-42)14-20(44(34)9-5-2-6-10-44)12-25-31-26(37(51)36(25)50)16-22(46)17-27(31)47/h11-18H,1-10H2/b24-11-,25-12-. The van der Waals surface area contributed by atoms with E-state index in [1.54, 1.807) is 46.2 Å². The summed E-state index contributed by atoms with van der Waals surface area (Å²) in [5, 5.41) is 0. The number of fused-ring (bicyclic) bond motifs is 11. The highest BCUT2D eigenvalue weighted by Crippen LogP contribution is 2.64. The second-order valence-corrected chi connectivity index (χ2v) is 18.8. The lowest BCUT2D eigenvalue weighted by atomic mass is 9.67. The third-order valence-electron chi connectivity index (χ3n) is 12.9. The van der Waals surface area contributed by atoms with Crippen LogP contribution in [-0.4, -0.2) is 23.1 Å². The fraction of sp³-hybridized carbons (Fsp3) is 0.273. The minimum absolute atomic E-state index is 0.00470. The molecule has 55 heavy (non-hydrogen) atoms. The fourth-order valence-electron chi connectivity index (χ4n) is 10.5. The Labute approximate surface area is 323 Å². The third-order valence-corrected chi connectivity index (χ3v) is 16.8. The van der Waals surface area contributed by atoms with E-state index in [2.05, 4.69) is 12.2 Å². The molecular formula is C44H28F4O4S3. The number of carbonyl (C=O) groups is 4. The zero-order chi connectivity index (χ0) is 37.7. The quantitative estimate of drug-likeness (QED) is 0.101. The molecule has 0 saturated heterocycles. The molecule has 3 heterocycles. The second-order valence-electron chi connectivity index (χ2n) is 15.6. The van der Waals surface area contributed by atoms with Crippen molar-refractivity contribution in [3.63, 3.8) is 0 Å². The van der Waals surface area contributed by atoms with E-state index >= 15 is 4.39 Å². The van der Waals surface area contributed by atoms with Gasteiger partial charge in [-0.25, -0.2) is 17.6 Å². The van der Waals surface area contributed by atoms with Gasteiger partial charge in [-0.1, -0.05) is 38.5 Å². The maximum Gasteiger partial charge on any atom is 0.237 e. The van der Waals surface area contributed by atoms with Crippen molar-refractivity contribution in [1.29, 1.82) is 0 Å². The first kappa shape index (κ1) is 33.7. The van der Waals surface area contributed by atoms with Crippen LogP contribution in [0.1, 0.15) is 117 Å². The van der Waals surface area contributed by atoms with Crippen LogP contribution in [0.25, 0.3) is 42.1 Å². The van der Waals surface area contributed by atoms with Gasteiger partial charge in [0, 0.05) is 60.6 Å². The summed E-state index contributed by atoms with van der Waals surface area (Å²) in [5.74, 6) is -7.19. The van der Waals surface area contributed by atoms with Gasteiger partial charge in [-0.2, -0.15) is 0 Å². The summed E-state index contributed by atoms with van der Waals surface area (Å²) in [7, 11) is 0. The van der Waals surface area contributed by atoms with Crippen molar-refractivity contribution < 1.29 is 36.7 Å². The number of hydrogen-bond donors (Lipinski definition) is 0. The SMILES string of the molecule is O=C1C(=O)c2c(F)cc(F)cc2/C1=C/C1=Cc2sc3c(sc4c5c(sc43)C=C(/C=C3\C(=O)C(=O)c4cc(F)cc(F)c43)C53CCCCC3)c2C12CCCCC2. The number of Topliss-reactive ketones (excluding diaryl/α,β-unsaturated/α-hetero) is 4. The molecule has 6 aliphatic carbocycles. The molecule has 2 spiro atoms. The molecule has 0 atom stereocenters. The van der Waals surface area contributed by atoms with Crippen LogP contribution in [0.2, 0.25) is 0 Å². The van der Waals surface area contributed by atoms with E-state index in [4.69, 9.17) is 0 Å². The summed E-state index contributed by atoms with van der Waals surface area (Å²) in [6.45, 7) is 0. The molecular weight excluding hydrogens is 765 g/mol. The van der Waals surface area contributed by atoms with Crippen LogP contribution in [-0.2, 0) is 20.4 Å². The predicted octanol–water partition coefficient (Wildman–Crippen LogP) is 11.6. The molecule has 5 aromatic rings. The van der Waals surface area contributed by atoms with Gasteiger partial charge >= 0.3 is 0 Å². The van der Waals surface area contributed by atoms with Gasteiger partial charge in [0.05, 0.1) is 24.4 Å². The lowest BCUT2D eigenvalue weighted by Gasteiger charge is -2.37. The van der Waals surface area contributed by atoms with Crippen LogP contribution < -0.4 is 0 Å². The molecule has 2 fully saturated rings. The lowest BCUT2D eigenvalue weighted by molar-refractivity contribution is -0.110. The molecule has 2 aromatic carbocycles. The molecule has 0 amide bonds. The molecule has 0 aliphatic heterocycles. The van der Waals surface area contributed by atoms with Gasteiger partial charge in [0.1, 0.15) is 23.3 Å². The maximum atomic E-state index is 15.2. The molecule has 0 unspecified atom stereocenters. The Morgan fingerprint density at radius 1 is 0.491 bits per heavy atom. The maximum absolute atomic E-state index is 15.2. The minimum Gasteiger partial charge on any atom is -0.285 e. The molecule has 2 saturated carbocycles. The van der Waals surface area contributed by atoms with Gasteiger partial charge in [0.2, 0.25) is 23.1 Å². The van der Waals surface area contributed by atoms with Gasteiger partial charge in [-0.15, -0.1) is 34.0 Å². The van der Waals surface area contributed by atoms with Crippen molar-refractivity contribution in [2.45, 2.75) is 75.0 Å². The molecule has 0 radical (unpaired) electrons. The van der Waals surface area contributed by atoms with Crippen molar-refractivity contribution in [2.75, 3.05) is 0 Å². The molecule has 0 N–H and O–H groups in total. The normalized spacial score (nSPS) is 22.2. The summed E-state index contributed by atoms with van der Waals surface area (Å²) < 4.78 is 63.3. The smallest absolute Gasteiger partial charge is 0.237 e. The molecule has 11 rings (SSSR count). The Hall–Kier alpha value is -4.58. The van der Waals surface area contributed by atoms with Crippen molar-refractivity contribution in [3.8, 4) is 0 Å². The van der Waals surface area contributed by atoms with Gasteiger partial charge < -0.3 is 0 Å². The minimum atomic E-state index is -1.03. The van der Waals surface area contributed by atoms with Crippen molar-refractivity contribution in [3.05, 3.63) is 114 Å². The highest BCUT2D eigenvalue weighted by Gasteiger charge is 2.49. The van der Waals surface area contributed by atoms with E-state index in [-0.39, 0.29) is 33.4 Å². The monoisotopic (exact) mass is 792 g/mol. The Balaban J connectivity index is 1.06. The number of carbonyl (C=O) groups excluding carboxylic acids is 4. The van der Waals surface area contributed by atoms with Gasteiger partial charge in [0.25, 0.3) is 0 Å². The average molecular weight is 793 g/mol. The second kappa shape index (κ2) is 11.5. The number of hydrogen-bond acceptors (Lipinski definition) is 7. The van der Waals surface area contributed by atoms with Crippen LogP contribution >= 0.6 is 34.0 Å². The van der Waals surface area contributed by atoms with Crippen LogP contribution in [0.3, 0.4) is 0 Å². The molecule has 3 aromatic heterocycles. The number of rotatable bonds is 2. The van der Waals surface area contributed by atoms with E-state index in [0.717, 1.165) is 97.2 Å². The van der Waals surface area contributed by atoms with Crippen LogP contribution in [0, 0.1) is 23.3 Å². The Morgan fingerprint density at radius 2 is 0.964 bits per heavy atom. The summed E-state index contributed by atoms with van der Waals surface area (Å²) in [6.07, 6.45) is 17.0. The molecule has 274 valence electrons. The number of ketones is 4. The predicted molar refractivity (Wildman–Crippen MR) is 208 cm³/mol. The Kier molecular flexibility index (Phi) is 7.05. The van der Waals surface area contributed by atoms with Crippen molar-refractivity contribution >= 4 is 99.2 Å². The van der Waals surface area contributed by atoms with Crippen molar-refractivity contribution in [1.82, 2.24) is 0 Å². The van der Waals surface area contributed by atoms with E-state index < -0.39 is 57.2 Å². The zero-order valence-electron chi connectivity index (χ0n) is 29.1. The summed E-state index contributed by atoms with van der Waals surface area (Å²) in [6, 6.07) is 3.37. The first-order chi connectivity index (χ1) is 26.5. The molecule has 11 heteroatoms. The third kappa shape index (κ3) is 4.37. The Bertz CT molecular complexity index is 2840. The number of halogens is 4.